The lowest BCUT2D eigenvalue weighted by atomic mass is 10.2. The van der Waals surface area contributed by atoms with E-state index in [0.717, 1.165) is 36.7 Å². The van der Waals surface area contributed by atoms with Crippen LogP contribution in [-0.2, 0) is 6.54 Å². The first-order chi connectivity index (χ1) is 8.70. The largest absolute Gasteiger partial charge is 0.454 e. The van der Waals surface area contributed by atoms with E-state index in [2.05, 4.69) is 10.3 Å². The van der Waals surface area contributed by atoms with E-state index in [9.17, 15) is 4.79 Å². The van der Waals surface area contributed by atoms with Crippen LogP contribution in [-0.4, -0.2) is 35.4 Å². The van der Waals surface area contributed by atoms with Crippen molar-refractivity contribution in [2.45, 2.75) is 19.9 Å². The molecule has 0 bridgehead atoms. The van der Waals surface area contributed by atoms with Gasteiger partial charge >= 0.3 is 5.91 Å². The Kier molecular flexibility index (Phi) is 4.68. The van der Waals surface area contributed by atoms with Crippen LogP contribution in [0.4, 0.5) is 0 Å². The summed E-state index contributed by atoms with van der Waals surface area (Å²) in [6.07, 6.45) is 1.21. The lowest BCUT2D eigenvalue weighted by Crippen LogP contribution is -2.30. The number of furan rings is 1. The van der Waals surface area contributed by atoms with E-state index >= 15 is 0 Å². The molecule has 1 aliphatic heterocycles. The van der Waals surface area contributed by atoms with Crippen LogP contribution in [0, 0.1) is 6.92 Å². The number of nitrogens with zero attached hydrogens (tertiary/aromatic N) is 1. The molecule has 2 rings (SSSR count). The van der Waals surface area contributed by atoms with Crippen LogP contribution < -0.4 is 11.3 Å². The molecule has 100 valence electrons. The van der Waals surface area contributed by atoms with E-state index < -0.39 is 0 Å². The zero-order valence-electron chi connectivity index (χ0n) is 10.6. The third-order valence-corrected chi connectivity index (χ3v) is 4.05. The average Bonchev–Trinajstić information content (AvgIpc) is 2.57. The molecule has 0 radical (unpaired) electrons. The van der Waals surface area contributed by atoms with Crippen molar-refractivity contribution in [3.63, 3.8) is 0 Å². The first-order valence-corrected chi connectivity index (χ1v) is 7.26. The fraction of sp³-hybridized carbons (Fsp3) is 0.583. The number of hydrazine groups is 1. The molecule has 6 heteroatoms. The minimum atomic E-state index is -0.370. The first kappa shape index (κ1) is 13.5. The minimum absolute atomic E-state index is 0.316. The Morgan fingerprint density at radius 1 is 1.56 bits per heavy atom. The molecule has 18 heavy (non-hydrogen) atoms. The standard InChI is InChI=1S/C12H19N3O2S/c1-9-7-10(17-11(9)12(16)14-13)8-15-3-2-5-18-6-4-15/h7H,2-6,8,13H2,1H3,(H,14,16). The van der Waals surface area contributed by atoms with Crippen LogP contribution in [0.5, 0.6) is 0 Å². The maximum Gasteiger partial charge on any atom is 0.301 e. The van der Waals surface area contributed by atoms with Crippen LogP contribution in [0.1, 0.15) is 28.3 Å². The normalized spacial score (nSPS) is 17.4. The van der Waals surface area contributed by atoms with Gasteiger partial charge in [-0.3, -0.25) is 15.1 Å². The van der Waals surface area contributed by atoms with Crippen molar-refractivity contribution in [1.29, 1.82) is 0 Å². The van der Waals surface area contributed by atoms with Gasteiger partial charge in [-0.2, -0.15) is 11.8 Å². The van der Waals surface area contributed by atoms with Gasteiger partial charge in [0, 0.05) is 17.9 Å². The SMILES string of the molecule is Cc1cc(CN2CCCSCC2)oc1C(=O)NN. The number of carbonyl (C=O) groups excluding carboxylic acids is 1. The smallest absolute Gasteiger partial charge is 0.301 e. The number of nitrogens with two attached hydrogens (primary N) is 1. The quantitative estimate of drug-likeness (QED) is 0.489. The Hall–Kier alpha value is -0.980. The van der Waals surface area contributed by atoms with Crippen molar-refractivity contribution >= 4 is 17.7 Å². The predicted octanol–water partition coefficient (Wildman–Crippen LogP) is 1.13. The highest BCUT2D eigenvalue weighted by Crippen LogP contribution is 2.18. The molecular formula is C12H19N3O2S. The number of aryl methyl sites for hydroxylation is 1. The molecule has 1 aliphatic rings. The monoisotopic (exact) mass is 269 g/mol. The topological polar surface area (TPSA) is 71.5 Å². The average molecular weight is 269 g/mol. The third kappa shape index (κ3) is 3.28. The van der Waals surface area contributed by atoms with Gasteiger partial charge in [0.15, 0.2) is 5.76 Å². The van der Waals surface area contributed by atoms with Gasteiger partial charge < -0.3 is 4.42 Å². The molecule has 0 saturated carbocycles. The minimum Gasteiger partial charge on any atom is -0.454 e. The van der Waals surface area contributed by atoms with Crippen LogP contribution in [0.2, 0.25) is 0 Å². The second-order valence-corrected chi connectivity index (χ2v) is 5.67. The zero-order chi connectivity index (χ0) is 13.0. The molecule has 0 aromatic carbocycles. The second kappa shape index (κ2) is 6.26. The number of nitrogens with one attached hydrogen (secondary N) is 1. The molecule has 5 nitrogen and oxygen atoms in total. The van der Waals surface area contributed by atoms with Gasteiger partial charge in [0.1, 0.15) is 5.76 Å². The van der Waals surface area contributed by atoms with Crippen LogP contribution >= 0.6 is 11.8 Å². The van der Waals surface area contributed by atoms with Crippen molar-refractivity contribution in [3.8, 4) is 0 Å². The summed E-state index contributed by atoms with van der Waals surface area (Å²) in [6, 6.07) is 1.92. The maximum atomic E-state index is 11.4. The van der Waals surface area contributed by atoms with Gasteiger partial charge in [-0.25, -0.2) is 5.84 Å². The van der Waals surface area contributed by atoms with Gasteiger partial charge in [-0.05, 0) is 31.7 Å². The Bertz CT molecular complexity index is 411. The third-order valence-electron chi connectivity index (χ3n) is 3.00. The van der Waals surface area contributed by atoms with Gasteiger partial charge in [0.2, 0.25) is 0 Å². The molecule has 1 fully saturated rings. The molecular weight excluding hydrogens is 250 g/mol. The van der Waals surface area contributed by atoms with Gasteiger partial charge in [-0.1, -0.05) is 0 Å². The summed E-state index contributed by atoms with van der Waals surface area (Å²) in [6.45, 7) is 4.78. The lowest BCUT2D eigenvalue weighted by molar-refractivity contribution is 0.0921. The Labute approximate surface area is 111 Å². The van der Waals surface area contributed by atoms with Gasteiger partial charge in [0.25, 0.3) is 0 Å². The lowest BCUT2D eigenvalue weighted by Gasteiger charge is -2.17. The van der Waals surface area contributed by atoms with Crippen LogP contribution in [0.25, 0.3) is 0 Å². The highest BCUT2D eigenvalue weighted by Gasteiger charge is 2.17. The number of rotatable bonds is 3. The van der Waals surface area contributed by atoms with Crippen molar-refractivity contribution in [2.24, 2.45) is 5.84 Å². The summed E-state index contributed by atoms with van der Waals surface area (Å²) in [4.78, 5) is 13.8. The molecule has 0 atom stereocenters. The molecule has 2 heterocycles. The van der Waals surface area contributed by atoms with E-state index in [4.69, 9.17) is 10.3 Å². The summed E-state index contributed by atoms with van der Waals surface area (Å²) < 4.78 is 5.57. The number of hydrogen-bond donors (Lipinski definition) is 2. The van der Waals surface area contributed by atoms with E-state index in [1.807, 2.05) is 24.8 Å². The van der Waals surface area contributed by atoms with Crippen molar-refractivity contribution in [3.05, 3.63) is 23.2 Å². The molecule has 0 aliphatic carbocycles. The summed E-state index contributed by atoms with van der Waals surface area (Å²) in [5.41, 5.74) is 2.93. The number of hydrogen-bond acceptors (Lipinski definition) is 5. The molecule has 0 unspecified atom stereocenters. The number of thioether (sulfide) groups is 1. The molecule has 1 amide bonds. The molecule has 1 aromatic heterocycles. The van der Waals surface area contributed by atoms with Crippen molar-refractivity contribution < 1.29 is 9.21 Å². The van der Waals surface area contributed by atoms with Gasteiger partial charge in [0.05, 0.1) is 6.54 Å². The van der Waals surface area contributed by atoms with Gasteiger partial charge in [-0.15, -0.1) is 0 Å². The zero-order valence-corrected chi connectivity index (χ0v) is 11.4. The van der Waals surface area contributed by atoms with Crippen molar-refractivity contribution in [2.75, 3.05) is 24.6 Å². The summed E-state index contributed by atoms with van der Waals surface area (Å²) in [5, 5.41) is 0. The van der Waals surface area contributed by atoms with Crippen LogP contribution in [0.3, 0.4) is 0 Å². The molecule has 1 saturated heterocycles. The van der Waals surface area contributed by atoms with E-state index in [0.29, 0.717) is 5.76 Å². The Morgan fingerprint density at radius 2 is 2.39 bits per heavy atom. The van der Waals surface area contributed by atoms with E-state index in [-0.39, 0.29) is 5.91 Å². The first-order valence-electron chi connectivity index (χ1n) is 6.11. The Balaban J connectivity index is 2.02. The fourth-order valence-corrected chi connectivity index (χ4v) is 3.02. The predicted molar refractivity (Wildman–Crippen MR) is 72.3 cm³/mol. The highest BCUT2D eigenvalue weighted by atomic mass is 32.2. The molecule has 0 spiro atoms. The number of amides is 1. The summed E-state index contributed by atoms with van der Waals surface area (Å²) in [7, 11) is 0. The molecule has 1 aromatic rings. The molecule has 3 N–H and O–H groups in total. The fourth-order valence-electron chi connectivity index (χ4n) is 2.09. The second-order valence-electron chi connectivity index (χ2n) is 4.44. The number of nitrogen functional groups attached to an aromatic ring is 1. The summed E-state index contributed by atoms with van der Waals surface area (Å²) >= 11 is 1.99. The number of carbonyl (C=O) groups is 1. The van der Waals surface area contributed by atoms with E-state index in [1.54, 1.807) is 0 Å². The van der Waals surface area contributed by atoms with Crippen LogP contribution in [0.15, 0.2) is 10.5 Å². The Morgan fingerprint density at radius 3 is 3.17 bits per heavy atom. The summed E-state index contributed by atoms with van der Waals surface area (Å²) in [5.74, 6) is 8.29. The van der Waals surface area contributed by atoms with Crippen molar-refractivity contribution in [1.82, 2.24) is 10.3 Å². The highest BCUT2D eigenvalue weighted by molar-refractivity contribution is 7.99. The van der Waals surface area contributed by atoms with E-state index in [1.165, 1.54) is 12.2 Å². The maximum absolute atomic E-state index is 11.4.